The number of pyridine rings is 1. The summed E-state index contributed by atoms with van der Waals surface area (Å²) in [6.07, 6.45) is 1.59. The third-order valence-electron chi connectivity index (χ3n) is 2.00. The number of halogens is 2. The van der Waals surface area contributed by atoms with E-state index in [0.29, 0.717) is 15.7 Å². The molecular formula is C12H6Cl2N2S. The minimum atomic E-state index is 0.406. The van der Waals surface area contributed by atoms with E-state index in [2.05, 4.69) is 11.1 Å². The number of aromatic nitrogens is 1. The van der Waals surface area contributed by atoms with Crippen molar-refractivity contribution in [1.29, 1.82) is 5.26 Å². The van der Waals surface area contributed by atoms with Crippen LogP contribution < -0.4 is 0 Å². The van der Waals surface area contributed by atoms with Crippen molar-refractivity contribution >= 4 is 35.0 Å². The molecule has 2 aromatic rings. The molecule has 0 spiro atoms. The van der Waals surface area contributed by atoms with Crippen molar-refractivity contribution in [2.45, 2.75) is 9.79 Å². The maximum Gasteiger partial charge on any atom is 0.154 e. The molecule has 2 rings (SSSR count). The summed E-state index contributed by atoms with van der Waals surface area (Å²) in [6.45, 7) is 0. The van der Waals surface area contributed by atoms with Gasteiger partial charge in [-0.15, -0.1) is 0 Å². The largest absolute Gasteiger partial charge is 0.244 e. The van der Waals surface area contributed by atoms with Crippen molar-refractivity contribution in [3.05, 3.63) is 52.3 Å². The Hall–Kier alpha value is -1.21. The highest BCUT2D eigenvalue weighted by molar-refractivity contribution is 7.99. The van der Waals surface area contributed by atoms with E-state index in [0.717, 1.165) is 9.79 Å². The zero-order valence-corrected chi connectivity index (χ0v) is 10.9. The van der Waals surface area contributed by atoms with Gasteiger partial charge in [-0.3, -0.25) is 0 Å². The first-order chi connectivity index (χ1) is 8.20. The van der Waals surface area contributed by atoms with Crippen LogP contribution in [0.4, 0.5) is 0 Å². The summed E-state index contributed by atoms with van der Waals surface area (Å²) in [4.78, 5) is 5.71. The lowest BCUT2D eigenvalue weighted by Crippen LogP contribution is -1.85. The van der Waals surface area contributed by atoms with E-state index in [1.54, 1.807) is 24.4 Å². The van der Waals surface area contributed by atoms with Gasteiger partial charge in [0.2, 0.25) is 0 Å². The van der Waals surface area contributed by atoms with Gasteiger partial charge in [0.1, 0.15) is 6.07 Å². The maximum atomic E-state index is 8.92. The molecule has 1 aromatic carbocycles. The average molecular weight is 281 g/mol. The summed E-state index contributed by atoms with van der Waals surface area (Å²) < 4.78 is 0. The Morgan fingerprint density at radius 3 is 2.71 bits per heavy atom. The van der Waals surface area contributed by atoms with Gasteiger partial charge in [-0.1, -0.05) is 35.0 Å². The molecule has 1 aromatic heterocycles. The Kier molecular flexibility index (Phi) is 3.90. The van der Waals surface area contributed by atoms with E-state index in [9.17, 15) is 0 Å². The van der Waals surface area contributed by atoms with Crippen molar-refractivity contribution in [2.75, 3.05) is 0 Å². The molecule has 2 nitrogen and oxygen atoms in total. The van der Waals surface area contributed by atoms with Gasteiger partial charge in [-0.2, -0.15) is 5.26 Å². The summed E-state index contributed by atoms with van der Waals surface area (Å²) in [5, 5.41) is 9.94. The van der Waals surface area contributed by atoms with Crippen LogP contribution in [0.25, 0.3) is 0 Å². The fraction of sp³-hybridized carbons (Fsp3) is 0. The van der Waals surface area contributed by atoms with E-state index in [4.69, 9.17) is 28.5 Å². The van der Waals surface area contributed by atoms with Gasteiger partial charge in [-0.25, -0.2) is 4.98 Å². The van der Waals surface area contributed by atoms with Gasteiger partial charge in [0.15, 0.2) is 5.69 Å². The second-order valence-electron chi connectivity index (χ2n) is 3.14. The van der Waals surface area contributed by atoms with Crippen LogP contribution >= 0.6 is 35.0 Å². The van der Waals surface area contributed by atoms with Crippen LogP contribution in [-0.2, 0) is 0 Å². The minimum Gasteiger partial charge on any atom is -0.244 e. The molecule has 0 aliphatic carbocycles. The highest BCUT2D eigenvalue weighted by atomic mass is 35.5. The lowest BCUT2D eigenvalue weighted by Gasteiger charge is -2.04. The van der Waals surface area contributed by atoms with E-state index >= 15 is 0 Å². The number of hydrogen-bond acceptors (Lipinski definition) is 3. The monoisotopic (exact) mass is 280 g/mol. The summed E-state index contributed by atoms with van der Waals surface area (Å²) in [6, 6.07) is 11.0. The van der Waals surface area contributed by atoms with Gasteiger partial charge < -0.3 is 0 Å². The number of rotatable bonds is 2. The van der Waals surface area contributed by atoms with Crippen molar-refractivity contribution in [3.63, 3.8) is 0 Å². The van der Waals surface area contributed by atoms with Crippen molar-refractivity contribution in [1.82, 2.24) is 4.98 Å². The van der Waals surface area contributed by atoms with Gasteiger partial charge in [0, 0.05) is 16.0 Å². The molecule has 0 bridgehead atoms. The quantitative estimate of drug-likeness (QED) is 0.818. The Balaban J connectivity index is 2.32. The Morgan fingerprint density at radius 1 is 1.18 bits per heavy atom. The topological polar surface area (TPSA) is 36.7 Å². The Morgan fingerprint density at radius 2 is 2.00 bits per heavy atom. The molecule has 0 atom stereocenters. The molecule has 0 saturated heterocycles. The van der Waals surface area contributed by atoms with Crippen LogP contribution in [0.3, 0.4) is 0 Å². The zero-order valence-electron chi connectivity index (χ0n) is 8.52. The second-order valence-corrected chi connectivity index (χ2v) is 5.07. The SMILES string of the molecule is N#Cc1ncccc1Sc1ccc(Cl)c(Cl)c1. The number of hydrogen-bond donors (Lipinski definition) is 0. The molecular weight excluding hydrogens is 275 g/mol. The molecule has 0 aliphatic heterocycles. The smallest absolute Gasteiger partial charge is 0.154 e. The van der Waals surface area contributed by atoms with Gasteiger partial charge in [-0.05, 0) is 30.3 Å². The predicted octanol–water partition coefficient (Wildman–Crippen LogP) is 4.41. The highest BCUT2D eigenvalue weighted by Crippen LogP contribution is 2.33. The van der Waals surface area contributed by atoms with Crippen LogP contribution in [-0.4, -0.2) is 4.98 Å². The maximum absolute atomic E-state index is 8.92. The van der Waals surface area contributed by atoms with Gasteiger partial charge in [0.05, 0.1) is 10.0 Å². The number of benzene rings is 1. The first kappa shape index (κ1) is 12.3. The van der Waals surface area contributed by atoms with Crippen LogP contribution in [0.1, 0.15) is 5.69 Å². The molecule has 0 radical (unpaired) electrons. The summed E-state index contributed by atoms with van der Waals surface area (Å²) in [5.74, 6) is 0. The molecule has 84 valence electrons. The molecule has 0 amide bonds. The first-order valence-corrected chi connectivity index (χ1v) is 6.26. The highest BCUT2D eigenvalue weighted by Gasteiger charge is 2.06. The molecule has 0 unspecified atom stereocenters. The van der Waals surface area contributed by atoms with E-state index in [1.165, 1.54) is 11.8 Å². The molecule has 0 aliphatic rings. The van der Waals surface area contributed by atoms with E-state index in [1.807, 2.05) is 12.1 Å². The molecule has 0 fully saturated rings. The third-order valence-corrected chi connectivity index (χ3v) is 3.77. The standard InChI is InChI=1S/C12H6Cl2N2S/c13-9-4-3-8(6-10(9)14)17-12-2-1-5-16-11(12)7-15/h1-6H. The van der Waals surface area contributed by atoms with Gasteiger partial charge in [0.25, 0.3) is 0 Å². The Bertz CT molecular complexity index is 593. The van der Waals surface area contributed by atoms with Crippen molar-refractivity contribution < 1.29 is 0 Å². The van der Waals surface area contributed by atoms with E-state index < -0.39 is 0 Å². The Labute approximate surface area is 113 Å². The average Bonchev–Trinajstić information content (AvgIpc) is 2.34. The minimum absolute atomic E-state index is 0.406. The van der Waals surface area contributed by atoms with Gasteiger partial charge >= 0.3 is 0 Å². The molecule has 1 heterocycles. The fourth-order valence-corrected chi connectivity index (χ4v) is 2.50. The lowest BCUT2D eigenvalue weighted by atomic mass is 10.4. The molecule has 0 saturated carbocycles. The van der Waals surface area contributed by atoms with Crippen molar-refractivity contribution in [2.24, 2.45) is 0 Å². The van der Waals surface area contributed by atoms with Crippen LogP contribution in [0.5, 0.6) is 0 Å². The van der Waals surface area contributed by atoms with Crippen LogP contribution in [0, 0.1) is 11.3 Å². The summed E-state index contributed by atoms with van der Waals surface area (Å²) in [5.41, 5.74) is 0.406. The predicted molar refractivity (Wildman–Crippen MR) is 69.5 cm³/mol. The zero-order chi connectivity index (χ0) is 12.3. The number of nitrogens with zero attached hydrogens (tertiary/aromatic N) is 2. The first-order valence-electron chi connectivity index (χ1n) is 4.69. The summed E-state index contributed by atoms with van der Waals surface area (Å²) in [7, 11) is 0. The summed E-state index contributed by atoms with van der Waals surface area (Å²) >= 11 is 13.2. The fourth-order valence-electron chi connectivity index (χ4n) is 1.22. The van der Waals surface area contributed by atoms with Crippen LogP contribution in [0.15, 0.2) is 46.3 Å². The van der Waals surface area contributed by atoms with Crippen molar-refractivity contribution in [3.8, 4) is 6.07 Å². The van der Waals surface area contributed by atoms with Crippen LogP contribution in [0.2, 0.25) is 10.0 Å². The second kappa shape index (κ2) is 5.42. The molecule has 5 heteroatoms. The lowest BCUT2D eigenvalue weighted by molar-refractivity contribution is 1.18. The third kappa shape index (κ3) is 2.92. The number of nitriles is 1. The molecule has 17 heavy (non-hydrogen) atoms. The molecule has 0 N–H and O–H groups in total. The normalized spacial score (nSPS) is 9.94. The van der Waals surface area contributed by atoms with E-state index in [-0.39, 0.29) is 0 Å².